The molecule has 29 heavy (non-hydrogen) atoms. The van der Waals surface area contributed by atoms with Gasteiger partial charge in [0.2, 0.25) is 5.71 Å². The van der Waals surface area contributed by atoms with Crippen molar-refractivity contribution < 1.29 is 8.53 Å². The van der Waals surface area contributed by atoms with Crippen LogP contribution in [0.15, 0.2) is 47.0 Å². The minimum atomic E-state index is -2.27. The minimum Gasteiger partial charge on any atom is -0.437 e. The van der Waals surface area contributed by atoms with E-state index in [0.717, 1.165) is 28.5 Å². The van der Waals surface area contributed by atoms with Gasteiger partial charge >= 0.3 is 0 Å². The number of benzene rings is 1. The van der Waals surface area contributed by atoms with Gasteiger partial charge in [0.15, 0.2) is 0 Å². The fraction of sp³-hybridized carbons (Fsp3) is 0.280. The molecule has 1 aliphatic rings. The highest BCUT2D eigenvalue weighted by Crippen LogP contribution is 2.46. The highest BCUT2D eigenvalue weighted by molar-refractivity contribution is 7.19. The van der Waals surface area contributed by atoms with E-state index in [1.807, 2.05) is 35.7 Å². The molecule has 6 rings (SSSR count). The van der Waals surface area contributed by atoms with E-state index in [1.165, 1.54) is 33.4 Å². The fourth-order valence-electron chi connectivity index (χ4n) is 4.82. The van der Waals surface area contributed by atoms with Gasteiger partial charge in [0.05, 0.1) is 10.4 Å². The van der Waals surface area contributed by atoms with E-state index in [4.69, 9.17) is 13.5 Å². The van der Waals surface area contributed by atoms with E-state index < -0.39 is 6.85 Å². The summed E-state index contributed by atoms with van der Waals surface area (Å²) in [6.45, 7) is 2.41. The van der Waals surface area contributed by atoms with Crippen molar-refractivity contribution in [1.29, 1.82) is 0 Å². The molecule has 3 nitrogen and oxygen atoms in total. The Morgan fingerprint density at radius 1 is 1.14 bits per heavy atom. The SMILES string of the molecule is [2H]C([2H])([2H])c1ccc2c(n1)oc1c(-c3cc4c5c(sc4cn3)CCCC5(C)C)cccc12. The molecular weight excluding hydrogens is 376 g/mol. The van der Waals surface area contributed by atoms with Crippen LogP contribution in [0.3, 0.4) is 0 Å². The molecule has 144 valence electrons. The Balaban J connectivity index is 1.58. The summed E-state index contributed by atoms with van der Waals surface area (Å²) in [4.78, 5) is 10.6. The Morgan fingerprint density at radius 2 is 2.07 bits per heavy atom. The van der Waals surface area contributed by atoms with Gasteiger partial charge in [0, 0.05) is 42.6 Å². The maximum atomic E-state index is 7.65. The number of nitrogens with zero attached hydrogens (tertiary/aromatic N) is 2. The third-order valence-electron chi connectivity index (χ3n) is 6.17. The molecule has 0 unspecified atom stereocenters. The quantitative estimate of drug-likeness (QED) is 0.299. The maximum Gasteiger partial charge on any atom is 0.227 e. The first-order chi connectivity index (χ1) is 15.2. The summed E-state index contributed by atoms with van der Waals surface area (Å²) in [7, 11) is 0. The number of aryl methyl sites for hydroxylation is 2. The van der Waals surface area contributed by atoms with Gasteiger partial charge in [-0.05, 0) is 61.4 Å². The molecule has 0 spiro atoms. The molecule has 0 fully saturated rings. The summed E-state index contributed by atoms with van der Waals surface area (Å²) in [6.07, 6.45) is 5.55. The zero-order valence-electron chi connectivity index (χ0n) is 19.4. The van der Waals surface area contributed by atoms with Crippen molar-refractivity contribution in [3.05, 3.63) is 58.7 Å². The second kappa shape index (κ2) is 5.90. The highest BCUT2D eigenvalue weighted by atomic mass is 32.1. The standard InChI is InChI=1S/C25H22N2OS/c1-14-9-10-16-15-6-4-7-17(23(15)28-24(16)27-14)19-12-18-21(13-26-19)29-20-8-5-11-25(2,3)22(18)20/h4,6-7,9-10,12-13H,5,8,11H2,1-3H3/i1D3. The predicted octanol–water partition coefficient (Wildman–Crippen LogP) is 7.18. The van der Waals surface area contributed by atoms with Crippen LogP contribution in [0.4, 0.5) is 0 Å². The molecule has 0 saturated carbocycles. The first-order valence-electron chi connectivity index (χ1n) is 11.5. The molecule has 5 aromatic rings. The molecule has 1 aromatic carbocycles. The average molecular weight is 402 g/mol. The van der Waals surface area contributed by atoms with Crippen molar-refractivity contribution in [2.45, 2.75) is 45.4 Å². The Hall–Kier alpha value is -2.72. The van der Waals surface area contributed by atoms with Crippen molar-refractivity contribution in [1.82, 2.24) is 9.97 Å². The smallest absolute Gasteiger partial charge is 0.227 e. The second-order valence-electron chi connectivity index (χ2n) is 8.54. The second-order valence-corrected chi connectivity index (χ2v) is 9.67. The number of para-hydroxylation sites is 1. The van der Waals surface area contributed by atoms with Crippen molar-refractivity contribution in [3.8, 4) is 11.3 Å². The number of fused-ring (bicyclic) bond motifs is 6. The van der Waals surface area contributed by atoms with Crippen LogP contribution in [0.2, 0.25) is 0 Å². The summed E-state index contributed by atoms with van der Waals surface area (Å²) in [5.74, 6) is 0. The van der Waals surface area contributed by atoms with E-state index in [0.29, 0.717) is 11.3 Å². The third-order valence-corrected chi connectivity index (χ3v) is 7.37. The number of aromatic nitrogens is 2. The largest absolute Gasteiger partial charge is 0.437 e. The Morgan fingerprint density at radius 3 is 2.97 bits per heavy atom. The number of pyridine rings is 2. The molecule has 0 saturated heterocycles. The summed E-state index contributed by atoms with van der Waals surface area (Å²) >= 11 is 1.87. The van der Waals surface area contributed by atoms with Crippen LogP contribution >= 0.6 is 11.3 Å². The third kappa shape index (κ3) is 2.48. The number of thiophene rings is 1. The molecular formula is C25H22N2OS. The van der Waals surface area contributed by atoms with Crippen LogP contribution < -0.4 is 0 Å². The average Bonchev–Trinajstić information content (AvgIpc) is 3.30. The summed E-state index contributed by atoms with van der Waals surface area (Å²) < 4.78 is 30.3. The number of furan rings is 1. The summed E-state index contributed by atoms with van der Waals surface area (Å²) in [5.41, 5.74) is 4.45. The van der Waals surface area contributed by atoms with Gasteiger partial charge in [0.25, 0.3) is 0 Å². The lowest BCUT2D eigenvalue weighted by atomic mass is 9.74. The number of hydrogen-bond donors (Lipinski definition) is 0. The molecule has 0 aliphatic heterocycles. The van der Waals surface area contributed by atoms with Crippen LogP contribution in [0.25, 0.3) is 43.4 Å². The number of rotatable bonds is 1. The lowest BCUT2D eigenvalue weighted by Gasteiger charge is -2.30. The van der Waals surface area contributed by atoms with Crippen molar-refractivity contribution in [3.63, 3.8) is 0 Å². The summed E-state index contributed by atoms with van der Waals surface area (Å²) in [5, 5.41) is 3.01. The molecule has 0 radical (unpaired) electrons. The van der Waals surface area contributed by atoms with E-state index in [9.17, 15) is 0 Å². The minimum absolute atomic E-state index is 0.0392. The molecule has 4 aromatic heterocycles. The zero-order valence-corrected chi connectivity index (χ0v) is 17.2. The highest BCUT2D eigenvalue weighted by Gasteiger charge is 2.31. The van der Waals surface area contributed by atoms with Crippen LogP contribution in [0.1, 0.15) is 46.9 Å². The Bertz CT molecular complexity index is 1530. The molecule has 0 N–H and O–H groups in total. The lowest BCUT2D eigenvalue weighted by Crippen LogP contribution is -2.22. The van der Waals surface area contributed by atoms with E-state index >= 15 is 0 Å². The first kappa shape index (κ1) is 14.3. The van der Waals surface area contributed by atoms with Crippen LogP contribution in [-0.4, -0.2) is 9.97 Å². The Labute approximate surface area is 177 Å². The van der Waals surface area contributed by atoms with Crippen LogP contribution in [0, 0.1) is 6.85 Å². The van der Waals surface area contributed by atoms with E-state index in [-0.39, 0.29) is 11.1 Å². The lowest BCUT2D eigenvalue weighted by molar-refractivity contribution is 0.440. The van der Waals surface area contributed by atoms with Crippen molar-refractivity contribution in [2.24, 2.45) is 0 Å². The normalized spacial score (nSPS) is 17.9. The summed E-state index contributed by atoms with van der Waals surface area (Å²) in [6, 6.07) is 11.5. The van der Waals surface area contributed by atoms with Gasteiger partial charge in [-0.2, -0.15) is 0 Å². The van der Waals surface area contributed by atoms with Crippen molar-refractivity contribution >= 4 is 43.5 Å². The van der Waals surface area contributed by atoms with E-state index in [2.05, 4.69) is 24.9 Å². The van der Waals surface area contributed by atoms with Crippen LogP contribution in [0.5, 0.6) is 0 Å². The number of hydrogen-bond acceptors (Lipinski definition) is 4. The molecule has 4 heteroatoms. The topological polar surface area (TPSA) is 38.9 Å². The van der Waals surface area contributed by atoms with Gasteiger partial charge in [-0.15, -0.1) is 11.3 Å². The van der Waals surface area contributed by atoms with Gasteiger partial charge in [0.1, 0.15) is 5.58 Å². The van der Waals surface area contributed by atoms with Crippen molar-refractivity contribution in [2.75, 3.05) is 0 Å². The van der Waals surface area contributed by atoms with Gasteiger partial charge < -0.3 is 4.42 Å². The maximum absolute atomic E-state index is 7.65. The molecule has 4 heterocycles. The zero-order chi connectivity index (χ0) is 22.3. The van der Waals surface area contributed by atoms with Crippen LogP contribution in [-0.2, 0) is 11.8 Å². The molecule has 0 amide bonds. The fourth-order valence-corrected chi connectivity index (χ4v) is 6.19. The Kier molecular flexibility index (Phi) is 2.91. The molecule has 0 atom stereocenters. The van der Waals surface area contributed by atoms with Gasteiger partial charge in [-0.25, -0.2) is 4.98 Å². The van der Waals surface area contributed by atoms with E-state index in [1.54, 1.807) is 12.1 Å². The predicted molar refractivity (Wildman–Crippen MR) is 121 cm³/mol. The van der Waals surface area contributed by atoms with Gasteiger partial charge in [-0.1, -0.05) is 26.0 Å². The monoisotopic (exact) mass is 401 g/mol. The molecule has 1 aliphatic carbocycles. The first-order valence-corrected chi connectivity index (χ1v) is 10.8. The van der Waals surface area contributed by atoms with Gasteiger partial charge in [-0.3, -0.25) is 4.98 Å². The molecule has 0 bridgehead atoms.